The molecular weight excluding hydrogens is 380 g/mol. The van der Waals surface area contributed by atoms with Gasteiger partial charge in [-0.2, -0.15) is 0 Å². The van der Waals surface area contributed by atoms with Gasteiger partial charge in [-0.25, -0.2) is 4.98 Å². The van der Waals surface area contributed by atoms with E-state index in [9.17, 15) is 4.79 Å². The Morgan fingerprint density at radius 3 is 2.93 bits per heavy atom. The number of imidazole rings is 1. The monoisotopic (exact) mass is 402 g/mol. The Bertz CT molecular complexity index is 1220. The number of aromatic nitrogens is 3. The van der Waals surface area contributed by atoms with Gasteiger partial charge in [0.1, 0.15) is 0 Å². The largest absolute Gasteiger partial charge is 0.358 e. The van der Waals surface area contributed by atoms with Crippen molar-refractivity contribution in [1.29, 1.82) is 0 Å². The highest BCUT2D eigenvalue weighted by molar-refractivity contribution is 7.99. The van der Waals surface area contributed by atoms with Crippen LogP contribution in [0.4, 0.5) is 0 Å². The number of rotatable bonds is 5. The van der Waals surface area contributed by atoms with Gasteiger partial charge >= 0.3 is 0 Å². The van der Waals surface area contributed by atoms with E-state index in [1.54, 1.807) is 0 Å². The molecule has 4 aromatic rings. The van der Waals surface area contributed by atoms with Crippen molar-refractivity contribution in [3.63, 3.8) is 0 Å². The molecule has 2 aromatic carbocycles. The van der Waals surface area contributed by atoms with Gasteiger partial charge in [0.2, 0.25) is 5.91 Å². The van der Waals surface area contributed by atoms with Gasteiger partial charge in [0.25, 0.3) is 0 Å². The predicted octanol–water partition coefficient (Wildman–Crippen LogP) is 4.38. The summed E-state index contributed by atoms with van der Waals surface area (Å²) in [6.45, 7) is 5.96. The van der Waals surface area contributed by atoms with Crippen molar-refractivity contribution in [1.82, 2.24) is 19.4 Å². The molecule has 5 nitrogen and oxygen atoms in total. The third-order valence-electron chi connectivity index (χ3n) is 5.49. The number of fused-ring (bicyclic) bond motifs is 4. The van der Waals surface area contributed by atoms with Crippen LogP contribution in [0.3, 0.4) is 0 Å². The standard InChI is InChI=1S/C23H22N4OS/c1-2-12-27-21-10-6-5-9-20(21)25-23(27)29-15-22(28)26-13-11-19-17(14-26)16-7-3-4-8-18(16)24-19/h2-10,24H,1,11-15H2. The second kappa shape index (κ2) is 7.44. The fourth-order valence-corrected chi connectivity index (χ4v) is 4.99. The number of para-hydroxylation sites is 3. The first-order chi connectivity index (χ1) is 14.2. The van der Waals surface area contributed by atoms with E-state index in [0.29, 0.717) is 18.8 Å². The number of thioether (sulfide) groups is 1. The fourth-order valence-electron chi connectivity index (χ4n) is 4.07. The third-order valence-corrected chi connectivity index (χ3v) is 6.45. The number of aromatic amines is 1. The lowest BCUT2D eigenvalue weighted by Gasteiger charge is -2.27. The van der Waals surface area contributed by atoms with Gasteiger partial charge in [0, 0.05) is 48.2 Å². The van der Waals surface area contributed by atoms with Crippen molar-refractivity contribution in [2.75, 3.05) is 12.3 Å². The number of nitrogens with zero attached hydrogens (tertiary/aromatic N) is 3. The highest BCUT2D eigenvalue weighted by Crippen LogP contribution is 2.29. The molecule has 0 atom stereocenters. The summed E-state index contributed by atoms with van der Waals surface area (Å²) < 4.78 is 2.12. The lowest BCUT2D eigenvalue weighted by atomic mass is 10.0. The van der Waals surface area contributed by atoms with Gasteiger partial charge in [-0.05, 0) is 18.2 Å². The van der Waals surface area contributed by atoms with Crippen LogP contribution in [0.1, 0.15) is 11.3 Å². The van der Waals surface area contributed by atoms with Crippen LogP contribution >= 0.6 is 11.8 Å². The Kier molecular flexibility index (Phi) is 4.64. The highest BCUT2D eigenvalue weighted by Gasteiger charge is 2.24. The fraction of sp³-hybridized carbons (Fsp3) is 0.217. The van der Waals surface area contributed by atoms with Crippen LogP contribution in [0.2, 0.25) is 0 Å². The minimum absolute atomic E-state index is 0.156. The van der Waals surface area contributed by atoms with Crippen LogP contribution in [0.15, 0.2) is 66.3 Å². The summed E-state index contributed by atoms with van der Waals surface area (Å²) >= 11 is 1.51. The number of amides is 1. The number of allylic oxidation sites excluding steroid dienone is 1. The maximum Gasteiger partial charge on any atom is 0.233 e. The summed E-state index contributed by atoms with van der Waals surface area (Å²) in [6.07, 6.45) is 2.73. The van der Waals surface area contributed by atoms with E-state index in [2.05, 4.69) is 40.4 Å². The molecule has 3 heterocycles. The van der Waals surface area contributed by atoms with Crippen molar-refractivity contribution in [2.45, 2.75) is 24.7 Å². The Balaban J connectivity index is 1.33. The molecule has 1 N–H and O–H groups in total. The van der Waals surface area contributed by atoms with Crippen LogP contribution in [-0.4, -0.2) is 37.6 Å². The molecule has 0 aliphatic carbocycles. The molecule has 0 radical (unpaired) electrons. The molecule has 1 amide bonds. The summed E-state index contributed by atoms with van der Waals surface area (Å²) in [5.41, 5.74) is 5.69. The zero-order chi connectivity index (χ0) is 19.8. The van der Waals surface area contributed by atoms with E-state index in [-0.39, 0.29) is 5.91 Å². The molecule has 0 unspecified atom stereocenters. The summed E-state index contributed by atoms with van der Waals surface area (Å²) in [6, 6.07) is 16.4. The molecule has 1 aliphatic heterocycles. The van der Waals surface area contributed by atoms with Crippen LogP contribution in [0.25, 0.3) is 21.9 Å². The van der Waals surface area contributed by atoms with Gasteiger partial charge in [-0.3, -0.25) is 4.79 Å². The number of H-pyrrole nitrogens is 1. The second-order valence-electron chi connectivity index (χ2n) is 7.26. The lowest BCUT2D eigenvalue weighted by molar-refractivity contribution is -0.129. The quantitative estimate of drug-likeness (QED) is 0.398. The first-order valence-electron chi connectivity index (χ1n) is 9.80. The lowest BCUT2D eigenvalue weighted by Crippen LogP contribution is -2.36. The van der Waals surface area contributed by atoms with Gasteiger partial charge in [-0.15, -0.1) is 6.58 Å². The van der Waals surface area contributed by atoms with E-state index >= 15 is 0 Å². The van der Waals surface area contributed by atoms with Crippen molar-refractivity contribution in [2.24, 2.45) is 0 Å². The smallest absolute Gasteiger partial charge is 0.233 e. The van der Waals surface area contributed by atoms with Gasteiger partial charge in [0.15, 0.2) is 5.16 Å². The first-order valence-corrected chi connectivity index (χ1v) is 10.8. The maximum atomic E-state index is 13.0. The molecule has 146 valence electrons. The molecular formula is C23H22N4OS. The van der Waals surface area contributed by atoms with Crippen molar-refractivity contribution < 1.29 is 4.79 Å². The molecule has 0 saturated carbocycles. The summed E-state index contributed by atoms with van der Waals surface area (Å²) in [5, 5.41) is 2.09. The van der Waals surface area contributed by atoms with Gasteiger partial charge < -0.3 is 14.5 Å². The highest BCUT2D eigenvalue weighted by atomic mass is 32.2. The second-order valence-corrected chi connectivity index (χ2v) is 8.21. The number of benzene rings is 2. The third kappa shape index (κ3) is 3.23. The summed E-state index contributed by atoms with van der Waals surface area (Å²) in [5.74, 6) is 0.543. The number of hydrogen-bond donors (Lipinski definition) is 1. The van der Waals surface area contributed by atoms with Crippen LogP contribution in [0, 0.1) is 0 Å². The maximum absolute atomic E-state index is 13.0. The molecule has 0 fully saturated rings. The van der Waals surface area contributed by atoms with E-state index in [4.69, 9.17) is 4.98 Å². The Morgan fingerprint density at radius 1 is 1.21 bits per heavy atom. The normalized spacial score (nSPS) is 13.7. The Labute approximate surface area is 173 Å². The van der Waals surface area contributed by atoms with Gasteiger partial charge in [-0.1, -0.05) is 48.2 Å². The molecule has 29 heavy (non-hydrogen) atoms. The average Bonchev–Trinajstić information content (AvgIpc) is 3.30. The van der Waals surface area contributed by atoms with Crippen LogP contribution < -0.4 is 0 Å². The van der Waals surface area contributed by atoms with E-state index in [0.717, 1.165) is 34.7 Å². The zero-order valence-electron chi connectivity index (χ0n) is 16.1. The van der Waals surface area contributed by atoms with Crippen molar-refractivity contribution in [3.05, 3.63) is 72.4 Å². The SMILES string of the molecule is C=CCn1c(SCC(=O)N2CCc3[nH]c4ccccc4c3C2)nc2ccccc21. The molecule has 0 saturated heterocycles. The predicted molar refractivity (Wildman–Crippen MR) is 118 cm³/mol. The Morgan fingerprint density at radius 2 is 2.03 bits per heavy atom. The van der Waals surface area contributed by atoms with E-state index < -0.39 is 0 Å². The number of carbonyl (C=O) groups is 1. The Hall–Kier alpha value is -2.99. The number of nitrogens with one attached hydrogen (secondary N) is 1. The van der Waals surface area contributed by atoms with E-state index in [1.807, 2.05) is 35.2 Å². The van der Waals surface area contributed by atoms with Gasteiger partial charge in [0.05, 0.1) is 16.8 Å². The molecule has 2 aromatic heterocycles. The topological polar surface area (TPSA) is 53.9 Å². The molecule has 6 heteroatoms. The minimum atomic E-state index is 0.156. The summed E-state index contributed by atoms with van der Waals surface area (Å²) in [7, 11) is 0. The minimum Gasteiger partial charge on any atom is -0.358 e. The van der Waals surface area contributed by atoms with Crippen LogP contribution in [0.5, 0.6) is 0 Å². The summed E-state index contributed by atoms with van der Waals surface area (Å²) in [4.78, 5) is 23.2. The van der Waals surface area contributed by atoms with Crippen molar-refractivity contribution in [3.8, 4) is 0 Å². The number of hydrogen-bond acceptors (Lipinski definition) is 3. The molecule has 5 rings (SSSR count). The number of carbonyl (C=O) groups excluding carboxylic acids is 1. The molecule has 0 bridgehead atoms. The van der Waals surface area contributed by atoms with Crippen molar-refractivity contribution >= 4 is 39.6 Å². The first kappa shape index (κ1) is 18.1. The zero-order valence-corrected chi connectivity index (χ0v) is 16.9. The van der Waals surface area contributed by atoms with Crippen LogP contribution in [-0.2, 0) is 24.3 Å². The van der Waals surface area contributed by atoms with E-state index in [1.165, 1.54) is 28.4 Å². The molecule has 0 spiro atoms. The molecule has 1 aliphatic rings. The average molecular weight is 403 g/mol.